The van der Waals surface area contributed by atoms with Crippen LogP contribution < -0.4 is 5.32 Å². The summed E-state index contributed by atoms with van der Waals surface area (Å²) >= 11 is 0. The van der Waals surface area contributed by atoms with E-state index in [1.807, 2.05) is 60.6 Å². The van der Waals surface area contributed by atoms with E-state index in [1.54, 1.807) is 24.0 Å². The van der Waals surface area contributed by atoms with Crippen molar-refractivity contribution in [1.29, 1.82) is 0 Å². The molecule has 1 rings (SSSR count). The number of nitrogens with one attached hydrogen (secondary N) is 1. The van der Waals surface area contributed by atoms with Gasteiger partial charge in [-0.2, -0.15) is 0 Å². The lowest BCUT2D eigenvalue weighted by atomic mass is 10.0. The predicted octanol–water partition coefficient (Wildman–Crippen LogP) is 3.33. The van der Waals surface area contributed by atoms with Crippen molar-refractivity contribution < 1.29 is 19.1 Å². The molecule has 156 valence electrons. The zero-order chi connectivity index (χ0) is 21.6. The minimum absolute atomic E-state index is 0.00390. The fourth-order valence-electron chi connectivity index (χ4n) is 3.04. The first kappa shape index (κ1) is 23.7. The van der Waals surface area contributed by atoms with Crippen LogP contribution in [0.2, 0.25) is 0 Å². The standard InChI is InChI=1S/C22H34N2O4/c1-13(2)19(23-20(25)18-11-9-16(7)10-12-18)22(27)28-17(8)21(26)24(14(3)4)15(5)6/h9-15,17,19H,1-8H3,(H,23,25)/t17-,19+/m0/s1. The number of aryl methyl sites for hydroxylation is 1. The number of nitrogens with zero attached hydrogens (tertiary/aromatic N) is 1. The predicted molar refractivity (Wildman–Crippen MR) is 110 cm³/mol. The SMILES string of the molecule is Cc1ccc(C(=O)N[C@@H](C(=O)O[C@@H](C)C(=O)N(C(C)C)C(C)C)C(C)C)cc1. The molecule has 0 aliphatic heterocycles. The lowest BCUT2D eigenvalue weighted by molar-refractivity contribution is -0.163. The van der Waals surface area contributed by atoms with Crippen LogP contribution in [-0.2, 0) is 14.3 Å². The largest absolute Gasteiger partial charge is 0.451 e. The van der Waals surface area contributed by atoms with Crippen LogP contribution in [0.25, 0.3) is 0 Å². The Balaban J connectivity index is 2.85. The van der Waals surface area contributed by atoms with Gasteiger partial charge in [-0.25, -0.2) is 4.79 Å². The quantitative estimate of drug-likeness (QED) is 0.691. The number of amides is 2. The highest BCUT2D eigenvalue weighted by Gasteiger charge is 2.32. The number of rotatable bonds is 8. The van der Waals surface area contributed by atoms with Gasteiger partial charge in [-0.05, 0) is 59.6 Å². The van der Waals surface area contributed by atoms with Crippen molar-refractivity contribution in [1.82, 2.24) is 10.2 Å². The molecular weight excluding hydrogens is 356 g/mol. The maximum absolute atomic E-state index is 12.7. The number of carbonyl (C=O) groups is 3. The minimum atomic E-state index is -0.921. The van der Waals surface area contributed by atoms with Gasteiger partial charge < -0.3 is 15.0 Å². The number of hydrogen-bond donors (Lipinski definition) is 1. The van der Waals surface area contributed by atoms with E-state index in [9.17, 15) is 14.4 Å². The molecule has 0 heterocycles. The normalized spacial score (nSPS) is 13.4. The molecule has 28 heavy (non-hydrogen) atoms. The van der Waals surface area contributed by atoms with Crippen LogP contribution in [0.1, 0.15) is 64.4 Å². The van der Waals surface area contributed by atoms with Gasteiger partial charge in [-0.1, -0.05) is 31.5 Å². The molecule has 6 nitrogen and oxygen atoms in total. The Bertz CT molecular complexity index is 672. The molecule has 2 amide bonds. The molecule has 0 radical (unpaired) electrons. The molecule has 2 atom stereocenters. The first-order chi connectivity index (χ1) is 13.0. The summed E-state index contributed by atoms with van der Waals surface area (Å²) in [6.07, 6.45) is -0.921. The van der Waals surface area contributed by atoms with Crippen LogP contribution in [-0.4, -0.2) is 46.9 Å². The van der Waals surface area contributed by atoms with Crippen molar-refractivity contribution in [2.24, 2.45) is 5.92 Å². The Morgan fingerprint density at radius 1 is 0.893 bits per heavy atom. The fourth-order valence-corrected chi connectivity index (χ4v) is 3.04. The Kier molecular flexibility index (Phi) is 8.66. The Labute approximate surface area is 168 Å². The van der Waals surface area contributed by atoms with E-state index < -0.39 is 18.1 Å². The maximum Gasteiger partial charge on any atom is 0.329 e. The van der Waals surface area contributed by atoms with Gasteiger partial charge in [0.15, 0.2) is 6.10 Å². The molecule has 0 unspecified atom stereocenters. The van der Waals surface area contributed by atoms with Gasteiger partial charge in [0.25, 0.3) is 11.8 Å². The van der Waals surface area contributed by atoms with Crippen molar-refractivity contribution in [2.75, 3.05) is 0 Å². The maximum atomic E-state index is 12.7. The van der Waals surface area contributed by atoms with E-state index in [0.29, 0.717) is 5.56 Å². The molecule has 1 aromatic carbocycles. The summed E-state index contributed by atoms with van der Waals surface area (Å²) in [5.41, 5.74) is 1.52. The summed E-state index contributed by atoms with van der Waals surface area (Å²) < 4.78 is 5.43. The summed E-state index contributed by atoms with van der Waals surface area (Å²) in [5, 5.41) is 2.73. The third kappa shape index (κ3) is 6.36. The van der Waals surface area contributed by atoms with E-state index in [0.717, 1.165) is 5.56 Å². The first-order valence-corrected chi connectivity index (χ1v) is 9.85. The second-order valence-corrected chi connectivity index (χ2v) is 8.07. The van der Waals surface area contributed by atoms with Crippen LogP contribution in [0.15, 0.2) is 24.3 Å². The first-order valence-electron chi connectivity index (χ1n) is 9.85. The summed E-state index contributed by atoms with van der Waals surface area (Å²) in [6, 6.07) is 6.25. The van der Waals surface area contributed by atoms with Gasteiger partial charge in [0.2, 0.25) is 0 Å². The molecule has 0 fully saturated rings. The molecule has 0 aromatic heterocycles. The average Bonchev–Trinajstić information content (AvgIpc) is 2.58. The van der Waals surface area contributed by atoms with Crippen LogP contribution in [0.4, 0.5) is 0 Å². The fraction of sp³-hybridized carbons (Fsp3) is 0.591. The van der Waals surface area contributed by atoms with Gasteiger partial charge in [0, 0.05) is 17.6 Å². The minimum Gasteiger partial charge on any atom is -0.451 e. The Hall–Kier alpha value is -2.37. The molecule has 0 aliphatic carbocycles. The highest BCUT2D eigenvalue weighted by molar-refractivity contribution is 5.97. The van der Waals surface area contributed by atoms with Crippen molar-refractivity contribution in [3.8, 4) is 0 Å². The molecule has 1 aromatic rings. The van der Waals surface area contributed by atoms with Gasteiger partial charge >= 0.3 is 5.97 Å². The molecule has 0 spiro atoms. The molecule has 0 aliphatic rings. The summed E-state index contributed by atoms with van der Waals surface area (Å²) in [6.45, 7) is 14.8. The van der Waals surface area contributed by atoms with E-state index >= 15 is 0 Å². The number of benzene rings is 1. The van der Waals surface area contributed by atoms with Crippen LogP contribution in [0.5, 0.6) is 0 Å². The lowest BCUT2D eigenvalue weighted by Crippen LogP contribution is -2.50. The third-order valence-corrected chi connectivity index (χ3v) is 4.53. The molecule has 1 N–H and O–H groups in total. The highest BCUT2D eigenvalue weighted by atomic mass is 16.5. The summed E-state index contributed by atoms with van der Waals surface area (Å²) in [4.78, 5) is 39.5. The second kappa shape index (κ2) is 10.2. The summed E-state index contributed by atoms with van der Waals surface area (Å²) in [7, 11) is 0. The van der Waals surface area contributed by atoms with Crippen LogP contribution in [0, 0.1) is 12.8 Å². The van der Waals surface area contributed by atoms with Crippen molar-refractivity contribution in [2.45, 2.75) is 79.6 Å². The summed E-state index contributed by atoms with van der Waals surface area (Å²) in [5.74, 6) is -1.38. The number of hydrogen-bond acceptors (Lipinski definition) is 4. The zero-order valence-electron chi connectivity index (χ0n) is 18.3. The number of carbonyl (C=O) groups excluding carboxylic acids is 3. The average molecular weight is 391 g/mol. The second-order valence-electron chi connectivity index (χ2n) is 8.07. The third-order valence-electron chi connectivity index (χ3n) is 4.53. The van der Waals surface area contributed by atoms with Crippen LogP contribution >= 0.6 is 0 Å². The van der Waals surface area contributed by atoms with Crippen molar-refractivity contribution in [3.63, 3.8) is 0 Å². The van der Waals surface area contributed by atoms with Gasteiger partial charge in [-0.15, -0.1) is 0 Å². The molecule has 6 heteroatoms. The van der Waals surface area contributed by atoms with E-state index in [-0.39, 0.29) is 29.8 Å². The van der Waals surface area contributed by atoms with E-state index in [4.69, 9.17) is 4.74 Å². The monoisotopic (exact) mass is 390 g/mol. The Morgan fingerprint density at radius 3 is 1.82 bits per heavy atom. The van der Waals surface area contributed by atoms with Crippen LogP contribution in [0.3, 0.4) is 0 Å². The van der Waals surface area contributed by atoms with E-state index in [2.05, 4.69) is 5.32 Å². The smallest absolute Gasteiger partial charge is 0.329 e. The lowest BCUT2D eigenvalue weighted by Gasteiger charge is -2.33. The molecular formula is C22H34N2O4. The van der Waals surface area contributed by atoms with Gasteiger partial charge in [0.1, 0.15) is 6.04 Å². The Morgan fingerprint density at radius 2 is 1.39 bits per heavy atom. The van der Waals surface area contributed by atoms with Crippen molar-refractivity contribution >= 4 is 17.8 Å². The van der Waals surface area contributed by atoms with Crippen molar-refractivity contribution in [3.05, 3.63) is 35.4 Å². The zero-order valence-corrected chi connectivity index (χ0v) is 18.3. The van der Waals surface area contributed by atoms with Gasteiger partial charge in [-0.3, -0.25) is 9.59 Å². The number of ether oxygens (including phenoxy) is 1. The van der Waals surface area contributed by atoms with E-state index in [1.165, 1.54) is 0 Å². The molecule has 0 bridgehead atoms. The molecule has 0 saturated carbocycles. The molecule has 0 saturated heterocycles. The highest BCUT2D eigenvalue weighted by Crippen LogP contribution is 2.13. The number of esters is 1. The topological polar surface area (TPSA) is 75.7 Å². The van der Waals surface area contributed by atoms with Gasteiger partial charge in [0.05, 0.1) is 0 Å².